The van der Waals surface area contributed by atoms with Gasteiger partial charge in [0, 0.05) is 31.8 Å². The Morgan fingerprint density at radius 3 is 2.67 bits per heavy atom. The minimum atomic E-state index is -0.966. The molecule has 1 atom stereocenters. The quantitative estimate of drug-likeness (QED) is 0.730. The Bertz CT molecular complexity index is 531. The Morgan fingerprint density at radius 1 is 1.33 bits per heavy atom. The van der Waals surface area contributed by atoms with Gasteiger partial charge in [-0.1, -0.05) is 6.92 Å². The normalized spacial score (nSPS) is 11.5. The van der Waals surface area contributed by atoms with Gasteiger partial charge in [-0.3, -0.25) is 19.9 Å². The lowest BCUT2D eigenvalue weighted by Gasteiger charge is -2.10. The maximum atomic E-state index is 11.6. The van der Waals surface area contributed by atoms with Crippen LogP contribution in [0.1, 0.15) is 30.9 Å². The predicted molar refractivity (Wildman–Crippen MR) is 75.4 cm³/mol. The van der Waals surface area contributed by atoms with Crippen LogP contribution in [0.15, 0.2) is 18.5 Å². The summed E-state index contributed by atoms with van der Waals surface area (Å²) >= 11 is 0. The molecule has 7 nitrogen and oxygen atoms in total. The van der Waals surface area contributed by atoms with Crippen LogP contribution in [-0.4, -0.2) is 28.0 Å². The molecular weight excluding hydrogens is 274 g/mol. The molecule has 1 heterocycles. The summed E-state index contributed by atoms with van der Waals surface area (Å²) in [6.07, 6.45) is 3.19. The Hall–Kier alpha value is -2.44. The van der Waals surface area contributed by atoms with Crippen molar-refractivity contribution in [2.45, 2.75) is 33.2 Å². The zero-order chi connectivity index (χ0) is 15.8. The summed E-state index contributed by atoms with van der Waals surface area (Å²) in [6.45, 7) is 3.81. The Kier molecular flexibility index (Phi) is 6.32. The zero-order valence-electron chi connectivity index (χ0n) is 12.0. The van der Waals surface area contributed by atoms with Crippen LogP contribution in [0.25, 0.3) is 0 Å². The van der Waals surface area contributed by atoms with Crippen molar-refractivity contribution in [1.82, 2.24) is 15.6 Å². The van der Waals surface area contributed by atoms with Gasteiger partial charge in [0.1, 0.15) is 0 Å². The second kappa shape index (κ2) is 7.98. The van der Waals surface area contributed by atoms with Crippen LogP contribution in [-0.2, 0) is 16.1 Å². The standard InChI is InChI=1S/C14H19N3O4/c1-9(6-13(19)20)5-12(18)17-14(21)16-8-11-7-15-4-3-10(11)2/h3-4,7,9H,5-6,8H2,1-2H3,(H,19,20)(H2,16,17,18,21). The van der Waals surface area contributed by atoms with E-state index in [1.807, 2.05) is 13.0 Å². The summed E-state index contributed by atoms with van der Waals surface area (Å²) < 4.78 is 0. The van der Waals surface area contributed by atoms with Crippen LogP contribution in [0, 0.1) is 12.8 Å². The van der Waals surface area contributed by atoms with Crippen LogP contribution < -0.4 is 10.6 Å². The van der Waals surface area contributed by atoms with E-state index >= 15 is 0 Å². The summed E-state index contributed by atoms with van der Waals surface area (Å²) in [5.41, 5.74) is 1.85. The Labute approximate surface area is 122 Å². The second-order valence-corrected chi connectivity index (χ2v) is 4.94. The minimum Gasteiger partial charge on any atom is -0.481 e. The van der Waals surface area contributed by atoms with Crippen LogP contribution in [0.2, 0.25) is 0 Å². The molecule has 0 saturated carbocycles. The molecule has 1 aromatic heterocycles. The molecule has 1 unspecified atom stereocenters. The number of nitrogens with one attached hydrogen (secondary N) is 2. The molecule has 0 aliphatic rings. The number of aryl methyl sites for hydroxylation is 1. The molecule has 0 aromatic carbocycles. The fourth-order valence-corrected chi connectivity index (χ4v) is 1.77. The average Bonchev–Trinajstić information content (AvgIpc) is 2.36. The highest BCUT2D eigenvalue weighted by Gasteiger charge is 2.14. The number of carbonyl (C=O) groups is 3. The summed E-state index contributed by atoms with van der Waals surface area (Å²) in [7, 11) is 0. The third-order valence-corrected chi connectivity index (χ3v) is 2.90. The van der Waals surface area contributed by atoms with E-state index in [-0.39, 0.29) is 25.3 Å². The van der Waals surface area contributed by atoms with Gasteiger partial charge >= 0.3 is 12.0 Å². The first kappa shape index (κ1) is 16.6. The van der Waals surface area contributed by atoms with Crippen molar-refractivity contribution in [2.75, 3.05) is 0 Å². The van der Waals surface area contributed by atoms with Crippen molar-refractivity contribution in [3.63, 3.8) is 0 Å². The molecule has 0 aliphatic heterocycles. The van der Waals surface area contributed by atoms with Crippen LogP contribution in [0.4, 0.5) is 4.79 Å². The molecule has 0 radical (unpaired) electrons. The molecule has 0 fully saturated rings. The van der Waals surface area contributed by atoms with E-state index in [1.165, 1.54) is 0 Å². The van der Waals surface area contributed by atoms with E-state index in [0.717, 1.165) is 11.1 Å². The third kappa shape index (κ3) is 6.51. The molecule has 3 amide bonds. The van der Waals surface area contributed by atoms with E-state index < -0.39 is 17.9 Å². The summed E-state index contributed by atoms with van der Waals surface area (Å²) in [6, 6.07) is 1.22. The minimum absolute atomic E-state index is 0.00829. The van der Waals surface area contributed by atoms with Gasteiger partial charge < -0.3 is 10.4 Å². The molecule has 0 bridgehead atoms. The fraction of sp³-hybridized carbons (Fsp3) is 0.429. The number of amides is 3. The molecule has 0 aliphatic carbocycles. The number of urea groups is 1. The van der Waals surface area contributed by atoms with Gasteiger partial charge in [-0.2, -0.15) is 0 Å². The fourth-order valence-electron chi connectivity index (χ4n) is 1.77. The number of aromatic nitrogens is 1. The van der Waals surface area contributed by atoms with Gasteiger partial charge in [-0.15, -0.1) is 0 Å². The predicted octanol–water partition coefficient (Wildman–Crippen LogP) is 1.22. The van der Waals surface area contributed by atoms with Gasteiger partial charge in [-0.05, 0) is 30.0 Å². The number of imide groups is 1. The van der Waals surface area contributed by atoms with Crippen molar-refractivity contribution < 1.29 is 19.5 Å². The van der Waals surface area contributed by atoms with E-state index in [4.69, 9.17) is 5.11 Å². The second-order valence-electron chi connectivity index (χ2n) is 4.94. The number of pyridine rings is 1. The van der Waals surface area contributed by atoms with Crippen molar-refractivity contribution >= 4 is 17.9 Å². The number of nitrogens with zero attached hydrogens (tertiary/aromatic N) is 1. The first-order valence-corrected chi connectivity index (χ1v) is 6.57. The highest BCUT2D eigenvalue weighted by Crippen LogP contribution is 2.07. The largest absolute Gasteiger partial charge is 0.481 e. The number of carbonyl (C=O) groups excluding carboxylic acids is 2. The molecule has 7 heteroatoms. The zero-order valence-corrected chi connectivity index (χ0v) is 12.0. The van der Waals surface area contributed by atoms with E-state index in [2.05, 4.69) is 15.6 Å². The maximum absolute atomic E-state index is 11.6. The lowest BCUT2D eigenvalue weighted by Crippen LogP contribution is -2.39. The molecular formula is C14H19N3O4. The molecule has 21 heavy (non-hydrogen) atoms. The topological polar surface area (TPSA) is 108 Å². The molecule has 3 N–H and O–H groups in total. The number of hydrogen-bond donors (Lipinski definition) is 3. The maximum Gasteiger partial charge on any atom is 0.321 e. The van der Waals surface area contributed by atoms with E-state index in [9.17, 15) is 14.4 Å². The third-order valence-electron chi connectivity index (χ3n) is 2.90. The van der Waals surface area contributed by atoms with Crippen molar-refractivity contribution in [2.24, 2.45) is 5.92 Å². The molecule has 0 saturated heterocycles. The van der Waals surface area contributed by atoms with Crippen LogP contribution in [0.5, 0.6) is 0 Å². The van der Waals surface area contributed by atoms with Gasteiger partial charge in [0.2, 0.25) is 5.91 Å². The van der Waals surface area contributed by atoms with Gasteiger partial charge in [-0.25, -0.2) is 4.79 Å². The van der Waals surface area contributed by atoms with Gasteiger partial charge in [0.25, 0.3) is 0 Å². The Balaban J connectivity index is 2.35. The first-order chi connectivity index (χ1) is 9.88. The number of carboxylic acid groups (broad SMARTS) is 1. The van der Waals surface area contributed by atoms with Crippen LogP contribution in [0.3, 0.4) is 0 Å². The molecule has 1 rings (SSSR count). The number of hydrogen-bond acceptors (Lipinski definition) is 4. The van der Waals surface area contributed by atoms with Crippen molar-refractivity contribution in [3.8, 4) is 0 Å². The highest BCUT2D eigenvalue weighted by atomic mass is 16.4. The number of rotatable bonds is 6. The number of aliphatic carboxylic acids is 1. The van der Waals surface area contributed by atoms with E-state index in [1.54, 1.807) is 19.3 Å². The van der Waals surface area contributed by atoms with Crippen LogP contribution >= 0.6 is 0 Å². The summed E-state index contributed by atoms with van der Waals surface area (Å²) in [5, 5.41) is 13.3. The summed E-state index contributed by atoms with van der Waals surface area (Å²) in [5.74, 6) is -1.79. The average molecular weight is 293 g/mol. The molecule has 114 valence electrons. The smallest absolute Gasteiger partial charge is 0.321 e. The highest BCUT2D eigenvalue weighted by molar-refractivity contribution is 5.94. The monoisotopic (exact) mass is 293 g/mol. The molecule has 0 spiro atoms. The van der Waals surface area contributed by atoms with Crippen molar-refractivity contribution in [3.05, 3.63) is 29.6 Å². The summed E-state index contributed by atoms with van der Waals surface area (Å²) in [4.78, 5) is 37.6. The van der Waals surface area contributed by atoms with Gasteiger partial charge in [0.15, 0.2) is 0 Å². The lowest BCUT2D eigenvalue weighted by atomic mass is 10.0. The van der Waals surface area contributed by atoms with Gasteiger partial charge in [0.05, 0.1) is 0 Å². The lowest BCUT2D eigenvalue weighted by molar-refractivity contribution is -0.138. The van der Waals surface area contributed by atoms with Crippen molar-refractivity contribution in [1.29, 1.82) is 0 Å². The molecule has 1 aromatic rings. The first-order valence-electron chi connectivity index (χ1n) is 6.57. The number of carboxylic acids is 1. The Morgan fingerprint density at radius 2 is 2.05 bits per heavy atom. The SMILES string of the molecule is Cc1ccncc1CNC(=O)NC(=O)CC(C)CC(=O)O. The van der Waals surface area contributed by atoms with E-state index in [0.29, 0.717) is 0 Å².